The summed E-state index contributed by atoms with van der Waals surface area (Å²) in [5, 5.41) is 0. The molecule has 1 aliphatic rings. The maximum Gasteiger partial charge on any atom is 0.242 e. The molecule has 116 valence electrons. The van der Waals surface area contributed by atoms with Crippen LogP contribution in [0.5, 0.6) is 0 Å². The molecular weight excluding hydrogens is 306 g/mol. The van der Waals surface area contributed by atoms with Crippen LogP contribution in [0.15, 0.2) is 29.2 Å². The third-order valence-electron chi connectivity index (χ3n) is 3.97. The molecule has 0 aromatic heterocycles. The van der Waals surface area contributed by atoms with E-state index in [0.717, 1.165) is 19.4 Å². The number of hydrogen-bond acceptors (Lipinski definition) is 4. The zero-order valence-electron chi connectivity index (χ0n) is 12.3. The Morgan fingerprint density at radius 2 is 2.24 bits per heavy atom. The van der Waals surface area contributed by atoms with Crippen molar-refractivity contribution in [3.8, 4) is 0 Å². The molecule has 1 fully saturated rings. The molecule has 0 spiro atoms. The Bertz CT molecular complexity index is 631. The minimum Gasteiger partial charge on any atom is -0.389 e. The molecule has 2 rings (SSSR count). The Hall–Kier alpha value is -1.02. The van der Waals surface area contributed by atoms with Crippen molar-refractivity contribution in [1.82, 2.24) is 9.21 Å². The van der Waals surface area contributed by atoms with Gasteiger partial charge in [-0.1, -0.05) is 24.4 Å². The van der Waals surface area contributed by atoms with Crippen LogP contribution in [0.1, 0.15) is 18.4 Å². The molecule has 1 heterocycles. The van der Waals surface area contributed by atoms with Crippen LogP contribution < -0.4 is 5.73 Å². The van der Waals surface area contributed by atoms with E-state index in [1.165, 1.54) is 10.4 Å². The zero-order chi connectivity index (χ0) is 15.6. The lowest BCUT2D eigenvalue weighted by Gasteiger charge is -2.25. The fourth-order valence-electron chi connectivity index (χ4n) is 2.59. The normalized spacial score (nSPS) is 20.0. The minimum absolute atomic E-state index is 0.199. The number of sulfonamides is 1. The summed E-state index contributed by atoms with van der Waals surface area (Å²) in [4.78, 5) is 2.64. The van der Waals surface area contributed by atoms with Gasteiger partial charge in [0.25, 0.3) is 0 Å². The maximum atomic E-state index is 12.6. The molecule has 0 aliphatic carbocycles. The molecule has 21 heavy (non-hydrogen) atoms. The van der Waals surface area contributed by atoms with Gasteiger partial charge in [0.15, 0.2) is 0 Å². The second-order valence-corrected chi connectivity index (χ2v) is 7.94. The second-order valence-electron chi connectivity index (χ2n) is 5.45. The predicted octanol–water partition coefficient (Wildman–Crippen LogP) is 1.04. The van der Waals surface area contributed by atoms with Gasteiger partial charge < -0.3 is 10.6 Å². The van der Waals surface area contributed by atoms with Crippen LogP contribution in [-0.2, 0) is 10.0 Å². The van der Waals surface area contributed by atoms with Gasteiger partial charge >= 0.3 is 0 Å². The minimum atomic E-state index is -3.51. The number of thiocarbonyl (C=S) groups is 1. The number of likely N-dealkylation sites (N-methyl/N-ethyl adjacent to an activating group) is 2. The smallest absolute Gasteiger partial charge is 0.242 e. The van der Waals surface area contributed by atoms with Crippen molar-refractivity contribution in [3.05, 3.63) is 29.8 Å². The van der Waals surface area contributed by atoms with Crippen LogP contribution in [0.4, 0.5) is 0 Å². The van der Waals surface area contributed by atoms with Gasteiger partial charge in [-0.25, -0.2) is 8.42 Å². The van der Waals surface area contributed by atoms with Gasteiger partial charge in [0.2, 0.25) is 10.0 Å². The number of hydrogen-bond donors (Lipinski definition) is 1. The lowest BCUT2D eigenvalue weighted by atomic mass is 10.2. The van der Waals surface area contributed by atoms with Crippen molar-refractivity contribution < 1.29 is 8.42 Å². The van der Waals surface area contributed by atoms with Crippen molar-refractivity contribution in [2.24, 2.45) is 5.73 Å². The molecule has 0 saturated carbocycles. The molecule has 1 atom stereocenters. The van der Waals surface area contributed by atoms with Gasteiger partial charge in [0, 0.05) is 25.2 Å². The molecule has 1 aromatic carbocycles. The fraction of sp³-hybridized carbons (Fsp3) is 0.500. The van der Waals surface area contributed by atoms with Crippen LogP contribution in [0, 0.1) is 0 Å². The van der Waals surface area contributed by atoms with Gasteiger partial charge in [-0.3, -0.25) is 0 Å². The monoisotopic (exact) mass is 327 g/mol. The Morgan fingerprint density at radius 3 is 2.81 bits per heavy atom. The Balaban J connectivity index is 2.20. The number of likely N-dealkylation sites (tertiary alicyclic amines) is 1. The fourth-order valence-corrected chi connectivity index (χ4v) is 3.98. The Labute approximate surface area is 131 Å². The number of nitrogens with zero attached hydrogens (tertiary/aromatic N) is 2. The third kappa shape index (κ3) is 3.60. The van der Waals surface area contributed by atoms with Gasteiger partial charge in [-0.2, -0.15) is 4.31 Å². The molecule has 1 aliphatic heterocycles. The van der Waals surface area contributed by atoms with E-state index in [9.17, 15) is 8.42 Å². The van der Waals surface area contributed by atoms with E-state index in [4.69, 9.17) is 18.0 Å². The standard InChI is InChI=1S/C14H21N3O2S2/c1-16-8-4-6-12(16)10-17(2)21(18,19)13-7-3-5-11(9-13)14(15)20/h3,5,7,9,12H,4,6,8,10H2,1-2H3,(H2,15,20). The highest BCUT2D eigenvalue weighted by Gasteiger charge is 2.28. The summed E-state index contributed by atoms with van der Waals surface area (Å²) >= 11 is 4.90. The molecular formula is C14H21N3O2S2. The molecule has 5 nitrogen and oxygen atoms in total. The summed E-state index contributed by atoms with van der Waals surface area (Å²) in [6.45, 7) is 1.52. The summed E-state index contributed by atoms with van der Waals surface area (Å²) < 4.78 is 26.7. The average molecular weight is 327 g/mol. The number of rotatable bonds is 5. The van der Waals surface area contributed by atoms with E-state index in [-0.39, 0.29) is 15.9 Å². The van der Waals surface area contributed by atoms with Gasteiger partial charge in [-0.05, 0) is 38.6 Å². The van der Waals surface area contributed by atoms with Crippen molar-refractivity contribution in [1.29, 1.82) is 0 Å². The molecule has 2 N–H and O–H groups in total. The summed E-state index contributed by atoms with van der Waals surface area (Å²) in [7, 11) is 0.139. The average Bonchev–Trinajstić information content (AvgIpc) is 2.84. The Kier molecular flexibility index (Phi) is 4.98. The van der Waals surface area contributed by atoms with E-state index in [2.05, 4.69) is 4.90 Å². The topological polar surface area (TPSA) is 66.6 Å². The van der Waals surface area contributed by atoms with Crippen molar-refractivity contribution in [3.63, 3.8) is 0 Å². The van der Waals surface area contributed by atoms with E-state index >= 15 is 0 Å². The maximum absolute atomic E-state index is 12.6. The first-order valence-electron chi connectivity index (χ1n) is 6.89. The SMILES string of the molecule is CN1CCCC1CN(C)S(=O)(=O)c1cccc(C(N)=S)c1. The van der Waals surface area contributed by atoms with E-state index in [1.54, 1.807) is 25.2 Å². The van der Waals surface area contributed by atoms with E-state index in [0.29, 0.717) is 12.1 Å². The largest absolute Gasteiger partial charge is 0.389 e. The van der Waals surface area contributed by atoms with Crippen LogP contribution in [0.3, 0.4) is 0 Å². The summed E-state index contributed by atoms with van der Waals surface area (Å²) in [5.74, 6) is 0. The summed E-state index contributed by atoms with van der Waals surface area (Å²) in [6, 6.07) is 6.77. The van der Waals surface area contributed by atoms with Gasteiger partial charge in [0.05, 0.1) is 4.90 Å². The zero-order valence-corrected chi connectivity index (χ0v) is 14.0. The van der Waals surface area contributed by atoms with Gasteiger partial charge in [-0.15, -0.1) is 0 Å². The van der Waals surface area contributed by atoms with Crippen LogP contribution >= 0.6 is 12.2 Å². The molecule has 1 unspecified atom stereocenters. The van der Waals surface area contributed by atoms with Crippen molar-refractivity contribution in [2.75, 3.05) is 27.2 Å². The first-order chi connectivity index (χ1) is 9.82. The van der Waals surface area contributed by atoms with E-state index < -0.39 is 10.0 Å². The summed E-state index contributed by atoms with van der Waals surface area (Å²) in [5.41, 5.74) is 6.14. The lowest BCUT2D eigenvalue weighted by molar-refractivity contribution is 0.271. The lowest BCUT2D eigenvalue weighted by Crippen LogP contribution is -2.39. The van der Waals surface area contributed by atoms with Gasteiger partial charge in [0.1, 0.15) is 4.99 Å². The number of nitrogens with two attached hydrogens (primary N) is 1. The molecule has 1 saturated heterocycles. The van der Waals surface area contributed by atoms with Crippen molar-refractivity contribution >= 4 is 27.2 Å². The quantitative estimate of drug-likeness (QED) is 0.819. The summed E-state index contributed by atoms with van der Waals surface area (Å²) in [6.07, 6.45) is 2.15. The van der Waals surface area contributed by atoms with Crippen LogP contribution in [0.25, 0.3) is 0 Å². The van der Waals surface area contributed by atoms with E-state index in [1.807, 2.05) is 7.05 Å². The predicted molar refractivity (Wildman–Crippen MR) is 87.8 cm³/mol. The second kappa shape index (κ2) is 6.39. The van der Waals surface area contributed by atoms with Crippen LogP contribution in [0.2, 0.25) is 0 Å². The Morgan fingerprint density at radius 1 is 1.52 bits per heavy atom. The molecule has 0 amide bonds. The molecule has 0 radical (unpaired) electrons. The highest BCUT2D eigenvalue weighted by molar-refractivity contribution is 7.89. The molecule has 0 bridgehead atoms. The number of benzene rings is 1. The first-order valence-corrected chi connectivity index (χ1v) is 8.73. The highest BCUT2D eigenvalue weighted by Crippen LogP contribution is 2.20. The third-order valence-corrected chi connectivity index (χ3v) is 6.02. The molecule has 1 aromatic rings. The highest BCUT2D eigenvalue weighted by atomic mass is 32.2. The first kappa shape index (κ1) is 16.4. The molecule has 7 heteroatoms. The van der Waals surface area contributed by atoms with Crippen molar-refractivity contribution in [2.45, 2.75) is 23.8 Å². The van der Waals surface area contributed by atoms with Crippen LogP contribution in [-0.4, -0.2) is 55.8 Å².